The minimum absolute atomic E-state index is 0.394. The number of hydrogen-bond acceptors (Lipinski definition) is 4. The van der Waals surface area contributed by atoms with E-state index in [-0.39, 0.29) is 0 Å². The van der Waals surface area contributed by atoms with Gasteiger partial charge in [-0.25, -0.2) is 0 Å². The molecule has 0 aromatic heterocycles. The summed E-state index contributed by atoms with van der Waals surface area (Å²) in [5.74, 6) is 0. The van der Waals surface area contributed by atoms with Gasteiger partial charge in [0.1, 0.15) is 0 Å². The largest absolute Gasteiger partial charge is 0.383 e. The second kappa shape index (κ2) is 7.84. The van der Waals surface area contributed by atoms with E-state index in [2.05, 4.69) is 35.3 Å². The summed E-state index contributed by atoms with van der Waals surface area (Å²) in [6.45, 7) is 6.95. The summed E-state index contributed by atoms with van der Waals surface area (Å²) in [7, 11) is 1.70. The molecule has 0 aliphatic carbocycles. The van der Waals surface area contributed by atoms with Gasteiger partial charge in [0.15, 0.2) is 0 Å². The molecule has 1 fully saturated rings. The smallest absolute Gasteiger partial charge is 0.0668 e. The van der Waals surface area contributed by atoms with Gasteiger partial charge in [0, 0.05) is 43.5 Å². The van der Waals surface area contributed by atoms with Crippen LogP contribution in [0, 0.1) is 0 Å². The van der Waals surface area contributed by atoms with Crippen molar-refractivity contribution in [2.24, 2.45) is 0 Å². The molecule has 1 aromatic carbocycles. The Morgan fingerprint density at radius 2 is 2.35 bits per heavy atom. The van der Waals surface area contributed by atoms with Gasteiger partial charge in [-0.1, -0.05) is 17.7 Å². The number of hydrogen-bond donors (Lipinski definition) is 1. The Morgan fingerprint density at radius 3 is 3.05 bits per heavy atom. The van der Waals surface area contributed by atoms with Crippen LogP contribution in [-0.4, -0.2) is 46.1 Å². The number of halogens is 1. The van der Waals surface area contributed by atoms with E-state index in [4.69, 9.17) is 21.1 Å². The summed E-state index contributed by atoms with van der Waals surface area (Å²) in [4.78, 5) is 2.34. The summed E-state index contributed by atoms with van der Waals surface area (Å²) >= 11 is 6.38. The number of nitrogens with one attached hydrogen (secondary N) is 1. The van der Waals surface area contributed by atoms with Crippen LogP contribution in [0.4, 0.5) is 5.69 Å². The molecule has 1 unspecified atom stereocenters. The fourth-order valence-electron chi connectivity index (χ4n) is 2.37. The number of ether oxygens (including phenoxy) is 2. The molecular formula is C15H23ClN2O2. The summed E-state index contributed by atoms with van der Waals surface area (Å²) in [5.41, 5.74) is 2.29. The van der Waals surface area contributed by atoms with Gasteiger partial charge in [-0.2, -0.15) is 0 Å². The molecule has 1 heterocycles. The predicted molar refractivity (Wildman–Crippen MR) is 82.7 cm³/mol. The zero-order valence-corrected chi connectivity index (χ0v) is 12.9. The van der Waals surface area contributed by atoms with Crippen LogP contribution in [0.1, 0.15) is 12.5 Å². The number of nitrogens with zero attached hydrogens (tertiary/aromatic N) is 1. The number of benzene rings is 1. The zero-order valence-electron chi connectivity index (χ0n) is 12.2. The van der Waals surface area contributed by atoms with Gasteiger partial charge >= 0.3 is 0 Å². The van der Waals surface area contributed by atoms with E-state index in [1.165, 1.54) is 5.69 Å². The zero-order chi connectivity index (χ0) is 14.4. The van der Waals surface area contributed by atoms with E-state index >= 15 is 0 Å². The highest BCUT2D eigenvalue weighted by atomic mass is 35.5. The molecule has 20 heavy (non-hydrogen) atoms. The highest BCUT2D eigenvalue weighted by Crippen LogP contribution is 2.26. The number of methoxy groups -OCH3 is 1. The molecule has 1 saturated heterocycles. The van der Waals surface area contributed by atoms with Crippen LogP contribution in [0.3, 0.4) is 0 Å². The first-order chi connectivity index (χ1) is 9.72. The summed E-state index contributed by atoms with van der Waals surface area (Å²) < 4.78 is 10.5. The van der Waals surface area contributed by atoms with Crippen molar-refractivity contribution >= 4 is 17.3 Å². The van der Waals surface area contributed by atoms with Gasteiger partial charge in [0.25, 0.3) is 0 Å². The number of morpholine rings is 1. The van der Waals surface area contributed by atoms with Crippen molar-refractivity contribution in [3.8, 4) is 0 Å². The second-order valence-corrected chi connectivity index (χ2v) is 5.47. The van der Waals surface area contributed by atoms with Gasteiger partial charge in [-0.05, 0) is 24.6 Å². The van der Waals surface area contributed by atoms with E-state index < -0.39 is 0 Å². The highest BCUT2D eigenvalue weighted by molar-refractivity contribution is 6.31. The van der Waals surface area contributed by atoms with Crippen molar-refractivity contribution in [2.45, 2.75) is 19.5 Å². The Morgan fingerprint density at radius 1 is 1.50 bits per heavy atom. The molecule has 112 valence electrons. The third kappa shape index (κ3) is 4.09. The maximum absolute atomic E-state index is 6.38. The Bertz CT molecular complexity index is 428. The van der Waals surface area contributed by atoms with Gasteiger partial charge in [0.2, 0.25) is 0 Å². The predicted octanol–water partition coefficient (Wildman–Crippen LogP) is 2.30. The first-order valence-electron chi connectivity index (χ1n) is 7.05. The Labute approximate surface area is 126 Å². The number of anilines is 1. The minimum atomic E-state index is 0.394. The minimum Gasteiger partial charge on any atom is -0.383 e. The molecule has 4 nitrogen and oxygen atoms in total. The standard InChI is InChI=1S/C15H23ClN2O2/c1-12-11-20-8-6-18(12)14-4-3-13(15(16)9-14)10-17-5-7-19-2/h3-4,9,12,17H,5-8,10-11H2,1-2H3. The average molecular weight is 299 g/mol. The summed E-state index contributed by atoms with van der Waals surface area (Å²) in [6, 6.07) is 6.68. The van der Waals surface area contributed by atoms with E-state index in [1.807, 2.05) is 0 Å². The van der Waals surface area contributed by atoms with Crippen molar-refractivity contribution in [1.82, 2.24) is 5.32 Å². The van der Waals surface area contributed by atoms with Crippen LogP contribution in [0.15, 0.2) is 18.2 Å². The fraction of sp³-hybridized carbons (Fsp3) is 0.600. The van der Waals surface area contributed by atoms with Gasteiger partial charge in [0.05, 0.1) is 19.8 Å². The number of rotatable bonds is 6. The molecule has 0 amide bonds. The Kier molecular flexibility index (Phi) is 6.10. The topological polar surface area (TPSA) is 33.7 Å². The van der Waals surface area contributed by atoms with Crippen molar-refractivity contribution < 1.29 is 9.47 Å². The molecule has 0 spiro atoms. The van der Waals surface area contributed by atoms with E-state index in [9.17, 15) is 0 Å². The van der Waals surface area contributed by atoms with Crippen LogP contribution in [-0.2, 0) is 16.0 Å². The van der Waals surface area contributed by atoms with Gasteiger partial charge < -0.3 is 19.7 Å². The van der Waals surface area contributed by atoms with E-state index in [1.54, 1.807) is 7.11 Å². The average Bonchev–Trinajstić information content (AvgIpc) is 2.45. The maximum atomic E-state index is 6.38. The third-order valence-electron chi connectivity index (χ3n) is 3.53. The summed E-state index contributed by atoms with van der Waals surface area (Å²) in [6.07, 6.45) is 0. The van der Waals surface area contributed by atoms with Crippen LogP contribution in [0.2, 0.25) is 5.02 Å². The van der Waals surface area contributed by atoms with Crippen molar-refractivity contribution in [2.75, 3.05) is 44.9 Å². The first kappa shape index (κ1) is 15.6. The van der Waals surface area contributed by atoms with E-state index in [0.717, 1.165) is 43.4 Å². The van der Waals surface area contributed by atoms with Crippen molar-refractivity contribution in [1.29, 1.82) is 0 Å². The lowest BCUT2D eigenvalue weighted by Gasteiger charge is -2.35. The van der Waals surface area contributed by atoms with Crippen LogP contribution < -0.4 is 10.2 Å². The van der Waals surface area contributed by atoms with Crippen LogP contribution >= 0.6 is 11.6 Å². The van der Waals surface area contributed by atoms with Gasteiger partial charge in [-0.3, -0.25) is 0 Å². The van der Waals surface area contributed by atoms with E-state index in [0.29, 0.717) is 12.6 Å². The second-order valence-electron chi connectivity index (χ2n) is 5.06. The highest BCUT2D eigenvalue weighted by Gasteiger charge is 2.19. The van der Waals surface area contributed by atoms with Crippen molar-refractivity contribution in [3.63, 3.8) is 0 Å². The fourth-order valence-corrected chi connectivity index (χ4v) is 2.61. The lowest BCUT2D eigenvalue weighted by atomic mass is 10.1. The molecule has 1 aliphatic rings. The molecule has 0 saturated carbocycles. The lowest BCUT2D eigenvalue weighted by Crippen LogP contribution is -2.43. The molecular weight excluding hydrogens is 276 g/mol. The quantitative estimate of drug-likeness (QED) is 0.817. The Hall–Kier alpha value is -0.810. The molecule has 1 aliphatic heterocycles. The monoisotopic (exact) mass is 298 g/mol. The first-order valence-corrected chi connectivity index (χ1v) is 7.42. The molecule has 1 N–H and O–H groups in total. The van der Waals surface area contributed by atoms with Crippen LogP contribution in [0.25, 0.3) is 0 Å². The molecule has 5 heteroatoms. The molecule has 0 bridgehead atoms. The summed E-state index contributed by atoms with van der Waals surface area (Å²) in [5, 5.41) is 4.12. The lowest BCUT2D eigenvalue weighted by molar-refractivity contribution is 0.0989. The maximum Gasteiger partial charge on any atom is 0.0668 e. The molecule has 1 atom stereocenters. The van der Waals surface area contributed by atoms with Crippen LogP contribution in [0.5, 0.6) is 0 Å². The third-order valence-corrected chi connectivity index (χ3v) is 3.89. The molecule has 1 aromatic rings. The van der Waals surface area contributed by atoms with Crippen molar-refractivity contribution in [3.05, 3.63) is 28.8 Å². The normalized spacial score (nSPS) is 19.4. The molecule has 0 radical (unpaired) electrons. The SMILES string of the molecule is COCCNCc1ccc(N2CCOCC2C)cc1Cl. The Balaban J connectivity index is 1.97. The van der Waals surface area contributed by atoms with Gasteiger partial charge in [-0.15, -0.1) is 0 Å². The molecule has 2 rings (SSSR count).